The van der Waals surface area contributed by atoms with Gasteiger partial charge in [0.1, 0.15) is 0 Å². The molecule has 1 amide bonds. The van der Waals surface area contributed by atoms with E-state index in [9.17, 15) is 4.79 Å². The van der Waals surface area contributed by atoms with E-state index < -0.39 is 0 Å². The zero-order chi connectivity index (χ0) is 14.3. The van der Waals surface area contributed by atoms with Gasteiger partial charge < -0.3 is 4.90 Å². The van der Waals surface area contributed by atoms with Gasteiger partial charge in [-0.3, -0.25) is 10.1 Å². The number of hydrogen-bond donors (Lipinski definition) is 1. The zero-order valence-electron chi connectivity index (χ0n) is 13.3. The summed E-state index contributed by atoms with van der Waals surface area (Å²) in [5.41, 5.74) is -0.153. The summed E-state index contributed by atoms with van der Waals surface area (Å²) in [6.07, 6.45) is 15.2. The Morgan fingerprint density at radius 3 is 2.25 bits per heavy atom. The molecule has 1 saturated heterocycles. The van der Waals surface area contributed by atoms with Crippen LogP contribution < -0.4 is 5.32 Å². The highest BCUT2D eigenvalue weighted by Gasteiger charge is 2.47. The fourth-order valence-electron chi connectivity index (χ4n) is 3.68. The molecule has 1 heterocycles. The van der Waals surface area contributed by atoms with E-state index in [4.69, 9.17) is 0 Å². The molecule has 1 spiro atoms. The molecule has 1 N–H and O–H groups in total. The molecule has 20 heavy (non-hydrogen) atoms. The van der Waals surface area contributed by atoms with Gasteiger partial charge in [-0.1, -0.05) is 64.7 Å². The first-order chi connectivity index (χ1) is 9.78. The van der Waals surface area contributed by atoms with Crippen molar-refractivity contribution in [3.05, 3.63) is 0 Å². The van der Waals surface area contributed by atoms with Crippen molar-refractivity contribution in [2.24, 2.45) is 0 Å². The van der Waals surface area contributed by atoms with E-state index in [1.165, 1.54) is 64.2 Å². The Balaban J connectivity index is 1.53. The number of nitrogens with zero attached hydrogens (tertiary/aromatic N) is 1. The Bertz CT molecular complexity index is 297. The van der Waals surface area contributed by atoms with Crippen molar-refractivity contribution in [1.82, 2.24) is 10.2 Å². The van der Waals surface area contributed by atoms with Crippen LogP contribution in [0.1, 0.15) is 84.0 Å². The van der Waals surface area contributed by atoms with Crippen molar-refractivity contribution in [3.8, 4) is 0 Å². The molecule has 0 aromatic heterocycles. The first kappa shape index (κ1) is 15.8. The Kier molecular flexibility index (Phi) is 6.34. The zero-order valence-corrected chi connectivity index (χ0v) is 13.3. The standard InChI is InChI=1S/C17H32N2O/c1-2-3-4-5-6-7-8-11-14-19-15-18-17(16(19)20)12-9-10-13-17/h18H,2-15H2,1H3. The fourth-order valence-corrected chi connectivity index (χ4v) is 3.68. The Labute approximate surface area is 124 Å². The highest BCUT2D eigenvalue weighted by Crippen LogP contribution is 2.34. The molecule has 1 aliphatic heterocycles. The molecule has 2 fully saturated rings. The van der Waals surface area contributed by atoms with Crippen LogP contribution in [-0.2, 0) is 4.79 Å². The first-order valence-electron chi connectivity index (χ1n) is 8.83. The number of nitrogens with one attached hydrogen (secondary N) is 1. The normalized spacial score (nSPS) is 21.2. The molecule has 2 aliphatic rings. The SMILES string of the molecule is CCCCCCCCCCN1CNC2(CCCC2)C1=O. The van der Waals surface area contributed by atoms with Gasteiger partial charge in [-0.25, -0.2) is 0 Å². The fraction of sp³-hybridized carbons (Fsp3) is 0.941. The van der Waals surface area contributed by atoms with E-state index in [0.717, 1.165) is 26.1 Å². The van der Waals surface area contributed by atoms with Crippen LogP contribution in [0.5, 0.6) is 0 Å². The first-order valence-corrected chi connectivity index (χ1v) is 8.83. The Morgan fingerprint density at radius 1 is 1.00 bits per heavy atom. The van der Waals surface area contributed by atoms with Crippen LogP contribution in [0.4, 0.5) is 0 Å². The predicted octanol–water partition coefficient (Wildman–Crippen LogP) is 3.83. The lowest BCUT2D eigenvalue weighted by Crippen LogP contribution is -2.43. The van der Waals surface area contributed by atoms with Gasteiger partial charge in [0.2, 0.25) is 5.91 Å². The summed E-state index contributed by atoms with van der Waals surface area (Å²) < 4.78 is 0. The predicted molar refractivity (Wildman–Crippen MR) is 83.5 cm³/mol. The topological polar surface area (TPSA) is 32.3 Å². The molecule has 0 radical (unpaired) electrons. The lowest BCUT2D eigenvalue weighted by molar-refractivity contribution is -0.132. The van der Waals surface area contributed by atoms with E-state index in [1.54, 1.807) is 0 Å². The second-order valence-corrected chi connectivity index (χ2v) is 6.67. The number of rotatable bonds is 9. The van der Waals surface area contributed by atoms with Crippen molar-refractivity contribution < 1.29 is 4.79 Å². The van der Waals surface area contributed by atoms with Gasteiger partial charge in [-0.05, 0) is 19.3 Å². The van der Waals surface area contributed by atoms with Crippen molar-refractivity contribution in [3.63, 3.8) is 0 Å². The van der Waals surface area contributed by atoms with E-state index in [-0.39, 0.29) is 5.54 Å². The average Bonchev–Trinajstić information content (AvgIpc) is 3.05. The number of carbonyl (C=O) groups is 1. The van der Waals surface area contributed by atoms with Gasteiger partial charge in [-0.2, -0.15) is 0 Å². The second-order valence-electron chi connectivity index (χ2n) is 6.67. The summed E-state index contributed by atoms with van der Waals surface area (Å²) in [5, 5.41) is 3.48. The van der Waals surface area contributed by atoms with Crippen LogP contribution in [0, 0.1) is 0 Å². The van der Waals surface area contributed by atoms with Crippen LogP contribution in [0.3, 0.4) is 0 Å². The van der Waals surface area contributed by atoms with Crippen LogP contribution in [-0.4, -0.2) is 29.6 Å². The van der Waals surface area contributed by atoms with Gasteiger partial charge in [0, 0.05) is 6.54 Å². The van der Waals surface area contributed by atoms with Crippen molar-refractivity contribution in [2.75, 3.05) is 13.2 Å². The minimum Gasteiger partial charge on any atom is -0.328 e. The van der Waals surface area contributed by atoms with Crippen LogP contribution in [0.25, 0.3) is 0 Å². The second kappa shape index (κ2) is 8.02. The molecule has 0 atom stereocenters. The highest BCUT2D eigenvalue weighted by molar-refractivity contribution is 5.88. The third kappa shape index (κ3) is 3.97. The summed E-state index contributed by atoms with van der Waals surface area (Å²) in [5.74, 6) is 0.387. The van der Waals surface area contributed by atoms with Crippen molar-refractivity contribution in [1.29, 1.82) is 0 Å². The maximum atomic E-state index is 12.4. The van der Waals surface area contributed by atoms with Crippen molar-refractivity contribution >= 4 is 5.91 Å². The summed E-state index contributed by atoms with van der Waals surface area (Å²) in [6.45, 7) is 4.01. The van der Waals surface area contributed by atoms with Crippen LogP contribution in [0.15, 0.2) is 0 Å². The van der Waals surface area contributed by atoms with Crippen molar-refractivity contribution in [2.45, 2.75) is 89.5 Å². The molecule has 3 nitrogen and oxygen atoms in total. The van der Waals surface area contributed by atoms with Gasteiger partial charge in [-0.15, -0.1) is 0 Å². The summed E-state index contributed by atoms with van der Waals surface area (Å²) in [7, 11) is 0. The maximum Gasteiger partial charge on any atom is 0.243 e. The minimum atomic E-state index is -0.153. The molecule has 116 valence electrons. The molecule has 1 saturated carbocycles. The Hall–Kier alpha value is -0.570. The van der Waals surface area contributed by atoms with Crippen LogP contribution in [0.2, 0.25) is 0 Å². The smallest absolute Gasteiger partial charge is 0.243 e. The molecule has 0 aromatic carbocycles. The number of unbranched alkanes of at least 4 members (excludes halogenated alkanes) is 7. The average molecular weight is 280 g/mol. The van der Waals surface area contributed by atoms with Gasteiger partial charge in [0.25, 0.3) is 0 Å². The molecule has 0 unspecified atom stereocenters. The summed E-state index contributed by atoms with van der Waals surface area (Å²) >= 11 is 0. The molecule has 1 aliphatic carbocycles. The summed E-state index contributed by atoms with van der Waals surface area (Å²) in [4.78, 5) is 14.5. The number of amides is 1. The van der Waals surface area contributed by atoms with E-state index in [0.29, 0.717) is 5.91 Å². The molecule has 0 aromatic rings. The molecule has 2 rings (SSSR count). The van der Waals surface area contributed by atoms with E-state index >= 15 is 0 Å². The number of hydrogen-bond acceptors (Lipinski definition) is 2. The molecule has 0 bridgehead atoms. The third-order valence-corrected chi connectivity index (χ3v) is 5.04. The molecule has 3 heteroatoms. The Morgan fingerprint density at radius 2 is 1.60 bits per heavy atom. The van der Waals surface area contributed by atoms with Gasteiger partial charge >= 0.3 is 0 Å². The minimum absolute atomic E-state index is 0.153. The molecular formula is C17H32N2O. The van der Waals surface area contributed by atoms with Gasteiger partial charge in [0.15, 0.2) is 0 Å². The number of carbonyl (C=O) groups excluding carboxylic acids is 1. The van der Waals surface area contributed by atoms with E-state index in [2.05, 4.69) is 17.1 Å². The summed E-state index contributed by atoms with van der Waals surface area (Å²) in [6, 6.07) is 0. The maximum absolute atomic E-state index is 12.4. The lowest BCUT2D eigenvalue weighted by Gasteiger charge is -2.21. The monoisotopic (exact) mass is 280 g/mol. The highest BCUT2D eigenvalue weighted by atomic mass is 16.2. The van der Waals surface area contributed by atoms with E-state index in [1.807, 2.05) is 0 Å². The van der Waals surface area contributed by atoms with Crippen LogP contribution >= 0.6 is 0 Å². The lowest BCUT2D eigenvalue weighted by atomic mass is 9.98. The van der Waals surface area contributed by atoms with Gasteiger partial charge in [0.05, 0.1) is 12.2 Å². The quantitative estimate of drug-likeness (QED) is 0.651. The molecular weight excluding hydrogens is 248 g/mol. The third-order valence-electron chi connectivity index (χ3n) is 5.04. The largest absolute Gasteiger partial charge is 0.328 e.